The zero-order chi connectivity index (χ0) is 20.7. The first kappa shape index (κ1) is 21.4. The van der Waals surface area contributed by atoms with Crippen molar-refractivity contribution >= 4 is 15.8 Å². The van der Waals surface area contributed by atoms with Gasteiger partial charge >= 0.3 is 0 Å². The Morgan fingerprint density at radius 1 is 1.03 bits per heavy atom. The fourth-order valence-corrected chi connectivity index (χ4v) is 4.48. The first-order valence-electron chi connectivity index (χ1n) is 10.2. The lowest BCUT2D eigenvalue weighted by molar-refractivity contribution is 0.259. The lowest BCUT2D eigenvalue weighted by Gasteiger charge is -2.34. The van der Waals surface area contributed by atoms with Crippen LogP contribution in [0.15, 0.2) is 64.5 Å². The zero-order valence-corrected chi connectivity index (χ0v) is 18.2. The highest BCUT2D eigenvalue weighted by Crippen LogP contribution is 2.21. The normalized spacial score (nSPS) is 16.1. The van der Waals surface area contributed by atoms with Crippen molar-refractivity contribution in [3.63, 3.8) is 0 Å². The summed E-state index contributed by atoms with van der Waals surface area (Å²) in [6, 6.07) is 17.9. The molecule has 0 amide bonds. The van der Waals surface area contributed by atoms with Crippen LogP contribution < -0.4 is 5.32 Å². The second-order valence-electron chi connectivity index (χ2n) is 7.76. The highest BCUT2D eigenvalue weighted by molar-refractivity contribution is 7.90. The standard InChI is InChI=1S/C23H31N3O2S/c1-24-23(25-15-12-19-8-10-22(11-9-19)29(2,27)28)26-16-13-21(14-17-26)18-20-6-4-3-5-7-20/h3-11,21H,12-18H2,1-2H3,(H,24,25). The molecule has 0 aromatic heterocycles. The van der Waals surface area contributed by atoms with Crippen molar-refractivity contribution < 1.29 is 8.42 Å². The molecule has 0 aliphatic carbocycles. The first-order valence-corrected chi connectivity index (χ1v) is 12.1. The number of hydrogen-bond donors (Lipinski definition) is 1. The molecule has 0 bridgehead atoms. The van der Waals surface area contributed by atoms with Gasteiger partial charge < -0.3 is 10.2 Å². The maximum atomic E-state index is 11.6. The Labute approximate surface area is 174 Å². The van der Waals surface area contributed by atoms with Crippen molar-refractivity contribution in [3.05, 3.63) is 65.7 Å². The predicted molar refractivity (Wildman–Crippen MR) is 119 cm³/mol. The highest BCUT2D eigenvalue weighted by atomic mass is 32.2. The fourth-order valence-electron chi connectivity index (χ4n) is 3.85. The van der Waals surface area contributed by atoms with Crippen LogP contribution in [-0.4, -0.2) is 52.2 Å². The number of hydrogen-bond acceptors (Lipinski definition) is 3. The number of nitrogens with one attached hydrogen (secondary N) is 1. The lowest BCUT2D eigenvalue weighted by atomic mass is 9.90. The number of piperidine rings is 1. The largest absolute Gasteiger partial charge is 0.356 e. The average Bonchev–Trinajstić information content (AvgIpc) is 2.72. The van der Waals surface area contributed by atoms with Crippen molar-refractivity contribution in [2.75, 3.05) is 32.9 Å². The van der Waals surface area contributed by atoms with Crippen molar-refractivity contribution in [1.82, 2.24) is 10.2 Å². The maximum Gasteiger partial charge on any atom is 0.193 e. The Kier molecular flexibility index (Phi) is 7.31. The van der Waals surface area contributed by atoms with Gasteiger partial charge in [-0.1, -0.05) is 42.5 Å². The van der Waals surface area contributed by atoms with Crippen LogP contribution in [0, 0.1) is 5.92 Å². The third-order valence-electron chi connectivity index (χ3n) is 5.54. The molecule has 2 aromatic carbocycles. The number of nitrogens with zero attached hydrogens (tertiary/aromatic N) is 2. The Morgan fingerprint density at radius 2 is 1.69 bits per heavy atom. The smallest absolute Gasteiger partial charge is 0.193 e. The summed E-state index contributed by atoms with van der Waals surface area (Å²) >= 11 is 0. The van der Waals surface area contributed by atoms with E-state index in [-0.39, 0.29) is 0 Å². The Balaban J connectivity index is 1.44. The summed E-state index contributed by atoms with van der Waals surface area (Å²) in [6.07, 6.45) is 5.58. The van der Waals surface area contributed by atoms with Gasteiger partial charge in [0.1, 0.15) is 0 Å². The Hall–Kier alpha value is -2.34. The van der Waals surface area contributed by atoms with Crippen LogP contribution in [0.1, 0.15) is 24.0 Å². The van der Waals surface area contributed by atoms with E-state index in [4.69, 9.17) is 0 Å². The summed E-state index contributed by atoms with van der Waals surface area (Å²) < 4.78 is 23.1. The second-order valence-corrected chi connectivity index (χ2v) is 9.78. The van der Waals surface area contributed by atoms with Gasteiger partial charge in [-0.3, -0.25) is 4.99 Å². The minimum atomic E-state index is -3.14. The molecule has 0 saturated carbocycles. The van der Waals surface area contributed by atoms with Crippen LogP contribution in [0.3, 0.4) is 0 Å². The van der Waals surface area contributed by atoms with Crippen molar-refractivity contribution in [3.8, 4) is 0 Å². The van der Waals surface area contributed by atoms with Gasteiger partial charge in [-0.05, 0) is 54.9 Å². The molecule has 1 aliphatic rings. The van der Waals surface area contributed by atoms with Crippen molar-refractivity contribution in [2.45, 2.75) is 30.6 Å². The molecule has 1 heterocycles. The third kappa shape index (κ3) is 6.32. The number of aliphatic imine (C=N–C) groups is 1. The predicted octanol–water partition coefficient (Wildman–Crippen LogP) is 3.16. The molecule has 2 aromatic rings. The van der Waals surface area contributed by atoms with E-state index in [2.05, 4.69) is 45.5 Å². The maximum absolute atomic E-state index is 11.6. The number of guanidine groups is 1. The molecule has 1 N–H and O–H groups in total. The van der Waals surface area contributed by atoms with E-state index >= 15 is 0 Å². The van der Waals surface area contributed by atoms with E-state index in [9.17, 15) is 8.42 Å². The average molecular weight is 414 g/mol. The summed E-state index contributed by atoms with van der Waals surface area (Å²) in [6.45, 7) is 2.83. The zero-order valence-electron chi connectivity index (χ0n) is 17.3. The lowest BCUT2D eigenvalue weighted by Crippen LogP contribution is -2.46. The van der Waals surface area contributed by atoms with Gasteiger partial charge in [-0.15, -0.1) is 0 Å². The molecule has 0 spiro atoms. The number of rotatable bonds is 6. The van der Waals surface area contributed by atoms with Crippen LogP contribution in [0.4, 0.5) is 0 Å². The highest BCUT2D eigenvalue weighted by Gasteiger charge is 2.21. The molecular weight excluding hydrogens is 382 g/mol. The minimum absolute atomic E-state index is 0.364. The summed E-state index contributed by atoms with van der Waals surface area (Å²) in [7, 11) is -1.31. The van der Waals surface area contributed by atoms with Gasteiger partial charge in [-0.25, -0.2) is 8.42 Å². The molecule has 5 nitrogen and oxygen atoms in total. The molecule has 3 rings (SSSR count). The number of benzene rings is 2. The fraction of sp³-hybridized carbons (Fsp3) is 0.435. The van der Waals surface area contributed by atoms with Crippen LogP contribution in [0.2, 0.25) is 0 Å². The molecule has 1 aliphatic heterocycles. The molecule has 1 saturated heterocycles. The summed E-state index contributed by atoms with van der Waals surface area (Å²) in [4.78, 5) is 7.16. The van der Waals surface area contributed by atoms with Gasteiger partial charge in [-0.2, -0.15) is 0 Å². The SMILES string of the molecule is CN=C(NCCc1ccc(S(C)(=O)=O)cc1)N1CCC(Cc2ccccc2)CC1. The number of sulfone groups is 1. The number of likely N-dealkylation sites (tertiary alicyclic amines) is 1. The van der Waals surface area contributed by atoms with Gasteiger partial charge in [0.15, 0.2) is 15.8 Å². The Morgan fingerprint density at radius 3 is 2.28 bits per heavy atom. The molecule has 0 radical (unpaired) electrons. The molecule has 0 atom stereocenters. The minimum Gasteiger partial charge on any atom is -0.356 e. The summed E-state index contributed by atoms with van der Waals surface area (Å²) in [5, 5.41) is 3.45. The molecule has 29 heavy (non-hydrogen) atoms. The molecule has 1 fully saturated rings. The van der Waals surface area contributed by atoms with Gasteiger partial charge in [0, 0.05) is 32.9 Å². The van der Waals surface area contributed by atoms with E-state index in [1.165, 1.54) is 24.7 Å². The van der Waals surface area contributed by atoms with Gasteiger partial charge in [0.25, 0.3) is 0 Å². The van der Waals surface area contributed by atoms with E-state index < -0.39 is 9.84 Å². The van der Waals surface area contributed by atoms with Crippen LogP contribution in [-0.2, 0) is 22.7 Å². The van der Waals surface area contributed by atoms with E-state index in [1.807, 2.05) is 19.2 Å². The molecule has 156 valence electrons. The van der Waals surface area contributed by atoms with E-state index in [0.717, 1.165) is 49.9 Å². The quantitative estimate of drug-likeness (QED) is 0.584. The van der Waals surface area contributed by atoms with Gasteiger partial charge in [0.2, 0.25) is 0 Å². The Bertz CT molecular complexity index is 901. The second kappa shape index (κ2) is 9.92. The first-order chi connectivity index (χ1) is 14.0. The monoisotopic (exact) mass is 413 g/mol. The summed E-state index contributed by atoms with van der Waals surface area (Å²) in [5.41, 5.74) is 2.54. The van der Waals surface area contributed by atoms with Crippen molar-refractivity contribution in [2.24, 2.45) is 10.9 Å². The topological polar surface area (TPSA) is 61.8 Å². The van der Waals surface area contributed by atoms with E-state index in [0.29, 0.717) is 4.90 Å². The third-order valence-corrected chi connectivity index (χ3v) is 6.67. The van der Waals surface area contributed by atoms with Crippen LogP contribution in [0.25, 0.3) is 0 Å². The molecule has 6 heteroatoms. The molecular formula is C23H31N3O2S. The van der Waals surface area contributed by atoms with Crippen LogP contribution in [0.5, 0.6) is 0 Å². The van der Waals surface area contributed by atoms with Gasteiger partial charge in [0.05, 0.1) is 4.90 Å². The van der Waals surface area contributed by atoms with Crippen molar-refractivity contribution in [1.29, 1.82) is 0 Å². The van der Waals surface area contributed by atoms with E-state index in [1.54, 1.807) is 12.1 Å². The summed E-state index contributed by atoms with van der Waals surface area (Å²) in [5.74, 6) is 1.69. The van der Waals surface area contributed by atoms with Crippen LogP contribution >= 0.6 is 0 Å². The molecule has 0 unspecified atom stereocenters.